The van der Waals surface area contributed by atoms with Crippen LogP contribution in [0.25, 0.3) is 0 Å². The van der Waals surface area contributed by atoms with Crippen LogP contribution in [0.2, 0.25) is 0 Å². The smallest absolute Gasteiger partial charge is 0.219 e. The quantitative estimate of drug-likeness (QED) is 0.643. The van der Waals surface area contributed by atoms with Gasteiger partial charge >= 0.3 is 0 Å². The number of carbonyl (C=O) groups is 2. The van der Waals surface area contributed by atoms with Crippen molar-refractivity contribution in [2.24, 2.45) is 0 Å². The zero-order valence-electron chi connectivity index (χ0n) is 8.68. The van der Waals surface area contributed by atoms with Gasteiger partial charge in [-0.1, -0.05) is 12.8 Å². The van der Waals surface area contributed by atoms with Crippen LogP contribution in [-0.4, -0.2) is 18.2 Å². The monoisotopic (exact) mass is 197 g/mol. The molecule has 0 aliphatic carbocycles. The Kier molecular flexibility index (Phi) is 5.27. The predicted octanol–water partition coefficient (Wildman–Crippen LogP) is 1.81. The number of nitrogens with one attached hydrogen (secondary N) is 1. The summed E-state index contributed by atoms with van der Waals surface area (Å²) < 4.78 is 0. The summed E-state index contributed by atoms with van der Waals surface area (Å²) in [6.45, 7) is 0.657. The Morgan fingerprint density at radius 3 is 2.21 bits per heavy atom. The Morgan fingerprint density at radius 1 is 0.786 bits per heavy atom. The van der Waals surface area contributed by atoms with Crippen LogP contribution in [-0.2, 0) is 9.59 Å². The molecular formula is C11H19NO2. The fourth-order valence-corrected chi connectivity index (χ4v) is 1.69. The Morgan fingerprint density at radius 2 is 1.43 bits per heavy atom. The molecule has 0 atom stereocenters. The van der Waals surface area contributed by atoms with E-state index in [4.69, 9.17) is 0 Å². The topological polar surface area (TPSA) is 46.2 Å². The summed E-state index contributed by atoms with van der Waals surface area (Å²) in [4.78, 5) is 22.5. The summed E-state index contributed by atoms with van der Waals surface area (Å²) in [7, 11) is 0. The van der Waals surface area contributed by atoms with Gasteiger partial charge in [0.05, 0.1) is 0 Å². The lowest BCUT2D eigenvalue weighted by Crippen LogP contribution is -2.24. The van der Waals surface area contributed by atoms with Crippen LogP contribution in [0.1, 0.15) is 51.4 Å². The molecule has 80 valence electrons. The Hall–Kier alpha value is -0.860. The molecule has 1 heterocycles. The van der Waals surface area contributed by atoms with Gasteiger partial charge in [-0.3, -0.25) is 9.59 Å². The molecule has 0 bridgehead atoms. The zero-order valence-corrected chi connectivity index (χ0v) is 8.68. The summed E-state index contributed by atoms with van der Waals surface area (Å²) in [5, 5.41) is 2.83. The van der Waals surface area contributed by atoms with Crippen molar-refractivity contribution in [3.8, 4) is 0 Å². The van der Waals surface area contributed by atoms with Crippen molar-refractivity contribution in [1.29, 1.82) is 0 Å². The normalized spacial score (nSPS) is 22.0. The largest absolute Gasteiger partial charge is 0.356 e. The van der Waals surface area contributed by atoms with Gasteiger partial charge in [0.2, 0.25) is 5.91 Å². The molecule has 3 nitrogen and oxygen atoms in total. The van der Waals surface area contributed by atoms with Gasteiger partial charge in [-0.05, 0) is 19.3 Å². The summed E-state index contributed by atoms with van der Waals surface area (Å²) >= 11 is 0. The highest BCUT2D eigenvalue weighted by Crippen LogP contribution is 2.08. The van der Waals surface area contributed by atoms with E-state index < -0.39 is 0 Å². The number of hydrogen-bond donors (Lipinski definition) is 1. The number of amides is 1. The van der Waals surface area contributed by atoms with Crippen molar-refractivity contribution < 1.29 is 9.59 Å². The van der Waals surface area contributed by atoms with Crippen molar-refractivity contribution in [1.82, 2.24) is 5.32 Å². The second-order valence-electron chi connectivity index (χ2n) is 3.91. The molecule has 0 spiro atoms. The Balaban J connectivity index is 2.27. The van der Waals surface area contributed by atoms with Crippen molar-refractivity contribution in [3.63, 3.8) is 0 Å². The zero-order chi connectivity index (χ0) is 10.2. The maximum Gasteiger partial charge on any atom is 0.219 e. The fraction of sp³-hybridized carbons (Fsp3) is 0.818. The van der Waals surface area contributed by atoms with E-state index in [0.29, 0.717) is 25.2 Å². The molecule has 1 saturated heterocycles. The first-order chi connectivity index (χ1) is 6.79. The minimum atomic E-state index is 0.137. The van der Waals surface area contributed by atoms with Gasteiger partial charge in [0.15, 0.2) is 0 Å². The highest BCUT2D eigenvalue weighted by Gasteiger charge is 2.05. The fourth-order valence-electron chi connectivity index (χ4n) is 1.69. The average molecular weight is 197 g/mol. The predicted molar refractivity (Wildman–Crippen MR) is 55.0 cm³/mol. The second-order valence-corrected chi connectivity index (χ2v) is 3.91. The molecule has 1 amide bonds. The number of rotatable bonds is 0. The molecule has 1 N–H and O–H groups in total. The van der Waals surface area contributed by atoms with E-state index >= 15 is 0 Å². The summed E-state index contributed by atoms with van der Waals surface area (Å²) in [6.07, 6.45) is 6.91. The maximum absolute atomic E-state index is 11.3. The van der Waals surface area contributed by atoms with Gasteiger partial charge in [0, 0.05) is 25.8 Å². The number of ketones is 1. The van der Waals surface area contributed by atoms with E-state index in [2.05, 4.69) is 5.32 Å². The second kappa shape index (κ2) is 6.57. The molecule has 1 aliphatic rings. The molecule has 0 aromatic carbocycles. The highest BCUT2D eigenvalue weighted by molar-refractivity contribution is 5.78. The first kappa shape index (κ1) is 11.2. The van der Waals surface area contributed by atoms with Crippen LogP contribution in [0, 0.1) is 0 Å². The van der Waals surface area contributed by atoms with Crippen molar-refractivity contribution >= 4 is 11.7 Å². The van der Waals surface area contributed by atoms with E-state index in [0.717, 1.165) is 38.5 Å². The SMILES string of the molecule is O=C1CCCCCCC(=O)NCCC1. The highest BCUT2D eigenvalue weighted by atomic mass is 16.1. The molecule has 1 aliphatic heterocycles. The van der Waals surface area contributed by atoms with E-state index in [1.54, 1.807) is 0 Å². The first-order valence-electron chi connectivity index (χ1n) is 5.57. The third kappa shape index (κ3) is 5.00. The molecule has 0 radical (unpaired) electrons. The minimum absolute atomic E-state index is 0.137. The number of carbonyl (C=O) groups excluding carboxylic acids is 2. The first-order valence-corrected chi connectivity index (χ1v) is 5.57. The Labute approximate surface area is 85.3 Å². The lowest BCUT2D eigenvalue weighted by molar-refractivity contribution is -0.122. The van der Waals surface area contributed by atoms with Crippen LogP contribution < -0.4 is 5.32 Å². The van der Waals surface area contributed by atoms with Crippen LogP contribution in [0.15, 0.2) is 0 Å². The van der Waals surface area contributed by atoms with Crippen LogP contribution in [0.4, 0.5) is 0 Å². The van der Waals surface area contributed by atoms with Crippen molar-refractivity contribution in [2.45, 2.75) is 51.4 Å². The Bertz CT molecular complexity index is 179. The summed E-state index contributed by atoms with van der Waals surface area (Å²) in [5.74, 6) is 0.484. The molecular weight excluding hydrogens is 178 g/mol. The van der Waals surface area contributed by atoms with Crippen molar-refractivity contribution in [2.75, 3.05) is 6.54 Å². The standard InChI is InChI=1S/C11H19NO2/c13-10-6-3-1-2-4-8-11(14)12-9-5-7-10/h1-9H2,(H,12,14). The number of Topliss-reactive ketones (excluding diaryl/α,β-unsaturated/α-hetero) is 1. The van der Waals surface area contributed by atoms with Gasteiger partial charge < -0.3 is 5.32 Å². The molecule has 3 heteroatoms. The molecule has 0 aromatic heterocycles. The van der Waals surface area contributed by atoms with E-state index in [-0.39, 0.29) is 5.91 Å². The summed E-state index contributed by atoms with van der Waals surface area (Å²) in [5.41, 5.74) is 0. The van der Waals surface area contributed by atoms with E-state index in [9.17, 15) is 9.59 Å². The third-order valence-electron chi connectivity index (χ3n) is 2.56. The molecule has 0 unspecified atom stereocenters. The van der Waals surface area contributed by atoms with Crippen molar-refractivity contribution in [3.05, 3.63) is 0 Å². The maximum atomic E-state index is 11.3. The van der Waals surface area contributed by atoms with Crippen LogP contribution in [0.5, 0.6) is 0 Å². The summed E-state index contributed by atoms with van der Waals surface area (Å²) in [6, 6.07) is 0. The molecule has 0 saturated carbocycles. The minimum Gasteiger partial charge on any atom is -0.356 e. The molecule has 14 heavy (non-hydrogen) atoms. The van der Waals surface area contributed by atoms with Crippen LogP contribution in [0.3, 0.4) is 0 Å². The lowest BCUT2D eigenvalue weighted by Gasteiger charge is -2.07. The van der Waals surface area contributed by atoms with Gasteiger partial charge in [0.25, 0.3) is 0 Å². The van der Waals surface area contributed by atoms with E-state index in [1.807, 2.05) is 0 Å². The van der Waals surface area contributed by atoms with Gasteiger partial charge in [0.1, 0.15) is 5.78 Å². The lowest BCUT2D eigenvalue weighted by atomic mass is 10.0. The molecule has 1 fully saturated rings. The van der Waals surface area contributed by atoms with Gasteiger partial charge in [-0.25, -0.2) is 0 Å². The number of hydrogen-bond acceptors (Lipinski definition) is 2. The average Bonchev–Trinajstić information content (AvgIpc) is 2.16. The third-order valence-corrected chi connectivity index (χ3v) is 2.56. The van der Waals surface area contributed by atoms with Gasteiger partial charge in [-0.15, -0.1) is 0 Å². The van der Waals surface area contributed by atoms with Gasteiger partial charge in [-0.2, -0.15) is 0 Å². The van der Waals surface area contributed by atoms with Crippen LogP contribution >= 0.6 is 0 Å². The van der Waals surface area contributed by atoms with E-state index in [1.165, 1.54) is 0 Å². The molecule has 1 rings (SSSR count). The molecule has 0 aromatic rings.